The Bertz CT molecular complexity index is 955. The van der Waals surface area contributed by atoms with Gasteiger partial charge in [-0.2, -0.15) is 0 Å². The number of carbonyl (C=O) groups is 1. The smallest absolute Gasteiger partial charge is 0.233 e. The Labute approximate surface area is 159 Å². The van der Waals surface area contributed by atoms with E-state index < -0.39 is 0 Å². The first-order chi connectivity index (χ1) is 12.5. The second-order valence-corrected chi connectivity index (χ2v) is 6.29. The second kappa shape index (κ2) is 7.84. The Kier molecular flexibility index (Phi) is 5.34. The minimum Gasteiger partial charge on any atom is -0.438 e. The number of rotatable bonds is 6. The first-order valence-corrected chi connectivity index (χ1v) is 8.57. The molecule has 2 aromatic carbocycles. The molecule has 26 heavy (non-hydrogen) atoms. The average molecular weight is 410 g/mol. The van der Waals surface area contributed by atoms with Crippen LogP contribution in [-0.4, -0.2) is 10.8 Å². The van der Waals surface area contributed by atoms with Crippen LogP contribution in [0.4, 0.5) is 11.4 Å². The molecule has 130 valence electrons. The maximum atomic E-state index is 12.5. The summed E-state index contributed by atoms with van der Waals surface area (Å²) >= 11 is 3.38. The molecule has 6 heteroatoms. The number of anilines is 2. The third kappa shape index (κ3) is 4.10. The predicted octanol–water partition coefficient (Wildman–Crippen LogP) is 5.03. The number of para-hydroxylation sites is 2. The summed E-state index contributed by atoms with van der Waals surface area (Å²) in [4.78, 5) is 16.7. The number of nitrogens with one attached hydrogen (secondary N) is 1. The Morgan fingerprint density at radius 3 is 2.50 bits per heavy atom. The molecule has 0 aliphatic carbocycles. The van der Waals surface area contributed by atoms with E-state index in [1.54, 1.807) is 48.7 Å². The minimum absolute atomic E-state index is 0.223. The van der Waals surface area contributed by atoms with E-state index in [2.05, 4.69) is 32.8 Å². The van der Waals surface area contributed by atoms with Gasteiger partial charge in [-0.15, -0.1) is 0 Å². The summed E-state index contributed by atoms with van der Waals surface area (Å²) in [5, 5.41) is 2.95. The third-order valence-electron chi connectivity index (χ3n) is 3.58. The number of halogens is 1. The summed E-state index contributed by atoms with van der Waals surface area (Å²) < 4.78 is 6.44. The number of pyridine rings is 1. The van der Waals surface area contributed by atoms with Gasteiger partial charge < -0.3 is 15.8 Å². The van der Waals surface area contributed by atoms with Crippen LogP contribution in [-0.2, 0) is 0 Å². The van der Waals surface area contributed by atoms with Crippen LogP contribution in [0, 0.1) is 0 Å². The van der Waals surface area contributed by atoms with Crippen LogP contribution in [0.2, 0.25) is 0 Å². The van der Waals surface area contributed by atoms with Gasteiger partial charge >= 0.3 is 0 Å². The van der Waals surface area contributed by atoms with E-state index in [0.29, 0.717) is 28.6 Å². The van der Waals surface area contributed by atoms with Crippen LogP contribution in [0.25, 0.3) is 0 Å². The summed E-state index contributed by atoms with van der Waals surface area (Å²) in [6, 6.07) is 17.6. The molecule has 0 saturated heterocycles. The highest BCUT2D eigenvalue weighted by atomic mass is 79.9. The van der Waals surface area contributed by atoms with Crippen LogP contribution < -0.4 is 15.8 Å². The third-order valence-corrected chi connectivity index (χ3v) is 4.18. The van der Waals surface area contributed by atoms with Crippen LogP contribution in [0.15, 0.2) is 83.6 Å². The number of Topliss-reactive ketones (excluding diaryl/α,β-unsaturated/α-hetero) is 1. The molecule has 0 bridgehead atoms. The number of hydrogen-bond donors (Lipinski definition) is 2. The summed E-state index contributed by atoms with van der Waals surface area (Å²) in [6.07, 6.45) is 1.64. The number of ketones is 1. The van der Waals surface area contributed by atoms with Gasteiger partial charge in [-0.25, -0.2) is 4.98 Å². The second-order valence-electron chi connectivity index (χ2n) is 5.44. The highest BCUT2D eigenvalue weighted by molar-refractivity contribution is 9.10. The molecule has 3 aromatic rings. The van der Waals surface area contributed by atoms with Crippen LogP contribution >= 0.6 is 15.9 Å². The lowest BCUT2D eigenvalue weighted by Gasteiger charge is -2.11. The monoisotopic (exact) mass is 409 g/mol. The van der Waals surface area contributed by atoms with E-state index in [-0.39, 0.29) is 11.5 Å². The Hall–Kier alpha value is -3.12. The minimum atomic E-state index is -0.223. The molecular formula is C20H16BrN3O2. The summed E-state index contributed by atoms with van der Waals surface area (Å²) in [5.74, 6) is 0.808. The van der Waals surface area contributed by atoms with Gasteiger partial charge in [0.1, 0.15) is 5.75 Å². The van der Waals surface area contributed by atoms with E-state index in [1.165, 1.54) is 0 Å². The van der Waals surface area contributed by atoms with Crippen LogP contribution in [0.3, 0.4) is 0 Å². The fourth-order valence-corrected chi connectivity index (χ4v) is 2.57. The van der Waals surface area contributed by atoms with Crippen molar-refractivity contribution in [2.45, 2.75) is 0 Å². The van der Waals surface area contributed by atoms with Gasteiger partial charge in [0.2, 0.25) is 11.7 Å². The maximum absolute atomic E-state index is 12.5. The molecule has 0 aliphatic heterocycles. The van der Waals surface area contributed by atoms with Crippen molar-refractivity contribution < 1.29 is 9.53 Å². The number of aromatic nitrogens is 1. The fourth-order valence-electron chi connectivity index (χ4n) is 2.24. The van der Waals surface area contributed by atoms with Gasteiger partial charge in [0.15, 0.2) is 0 Å². The lowest BCUT2D eigenvalue weighted by atomic mass is 10.1. The standard InChI is InChI=1S/C20H16BrN3O2/c1-13(24-18-7-3-2-6-17(18)22)19(25)14-8-10-15(11-9-14)26-20-16(21)5-4-12-23-20/h2-12,24H,1,22H2. The van der Waals surface area contributed by atoms with Crippen molar-refractivity contribution in [2.75, 3.05) is 11.1 Å². The number of nitrogens with zero attached hydrogens (tertiary/aromatic N) is 1. The van der Waals surface area contributed by atoms with Crippen molar-refractivity contribution in [2.24, 2.45) is 0 Å². The van der Waals surface area contributed by atoms with Crippen molar-refractivity contribution in [3.8, 4) is 11.6 Å². The normalized spacial score (nSPS) is 10.2. The molecule has 0 unspecified atom stereocenters. The van der Waals surface area contributed by atoms with Crippen LogP contribution in [0.5, 0.6) is 11.6 Å². The predicted molar refractivity (Wildman–Crippen MR) is 106 cm³/mol. The molecule has 0 radical (unpaired) electrons. The van der Waals surface area contributed by atoms with Gasteiger partial charge in [-0.05, 0) is 64.5 Å². The van der Waals surface area contributed by atoms with Crippen LogP contribution in [0.1, 0.15) is 10.4 Å². The van der Waals surface area contributed by atoms with Crippen molar-refractivity contribution in [3.05, 3.63) is 89.2 Å². The highest BCUT2D eigenvalue weighted by Gasteiger charge is 2.12. The maximum Gasteiger partial charge on any atom is 0.233 e. The lowest BCUT2D eigenvalue weighted by molar-refractivity contribution is 0.103. The largest absolute Gasteiger partial charge is 0.438 e. The Morgan fingerprint density at radius 1 is 1.08 bits per heavy atom. The van der Waals surface area contributed by atoms with Gasteiger partial charge in [-0.3, -0.25) is 4.79 Å². The molecule has 3 N–H and O–H groups in total. The zero-order valence-electron chi connectivity index (χ0n) is 13.8. The Morgan fingerprint density at radius 2 is 1.81 bits per heavy atom. The molecule has 0 saturated carbocycles. The first kappa shape index (κ1) is 17.7. The quantitative estimate of drug-likeness (QED) is 0.339. The molecular weight excluding hydrogens is 394 g/mol. The summed E-state index contributed by atoms with van der Waals surface area (Å²) in [7, 11) is 0. The van der Waals surface area contributed by atoms with Crippen molar-refractivity contribution >= 4 is 33.1 Å². The SMILES string of the molecule is C=C(Nc1ccccc1N)C(=O)c1ccc(Oc2ncccc2Br)cc1. The molecule has 1 aromatic heterocycles. The molecule has 0 fully saturated rings. The number of carbonyl (C=O) groups excluding carboxylic acids is 1. The molecule has 0 aliphatic rings. The fraction of sp³-hybridized carbons (Fsp3) is 0. The zero-order valence-corrected chi connectivity index (χ0v) is 15.4. The van der Waals surface area contributed by atoms with Gasteiger partial charge in [0.05, 0.1) is 21.5 Å². The van der Waals surface area contributed by atoms with Crippen molar-refractivity contribution in [1.29, 1.82) is 0 Å². The molecule has 0 amide bonds. The molecule has 5 nitrogen and oxygen atoms in total. The number of hydrogen-bond acceptors (Lipinski definition) is 5. The van der Waals surface area contributed by atoms with E-state index in [4.69, 9.17) is 10.5 Å². The van der Waals surface area contributed by atoms with E-state index in [9.17, 15) is 4.79 Å². The summed E-state index contributed by atoms with van der Waals surface area (Å²) in [6.45, 7) is 3.81. The number of nitrogens with two attached hydrogens (primary N) is 1. The topological polar surface area (TPSA) is 77.2 Å². The Balaban J connectivity index is 1.70. The number of allylic oxidation sites excluding steroid dienone is 1. The van der Waals surface area contributed by atoms with Gasteiger partial charge in [0.25, 0.3) is 0 Å². The molecule has 3 rings (SSSR count). The number of ether oxygens (including phenoxy) is 1. The first-order valence-electron chi connectivity index (χ1n) is 7.78. The van der Waals surface area contributed by atoms with Crippen molar-refractivity contribution in [1.82, 2.24) is 4.98 Å². The van der Waals surface area contributed by atoms with Gasteiger partial charge in [-0.1, -0.05) is 18.7 Å². The van der Waals surface area contributed by atoms with E-state index in [0.717, 1.165) is 4.47 Å². The van der Waals surface area contributed by atoms with E-state index in [1.807, 2.05) is 18.2 Å². The summed E-state index contributed by atoms with van der Waals surface area (Å²) in [5.41, 5.74) is 7.79. The number of nitrogen functional groups attached to an aromatic ring is 1. The highest BCUT2D eigenvalue weighted by Crippen LogP contribution is 2.27. The molecule has 0 atom stereocenters. The molecule has 0 spiro atoms. The zero-order chi connectivity index (χ0) is 18.5. The van der Waals surface area contributed by atoms with Gasteiger partial charge in [0, 0.05) is 11.8 Å². The lowest BCUT2D eigenvalue weighted by Crippen LogP contribution is -2.11. The number of benzene rings is 2. The van der Waals surface area contributed by atoms with E-state index >= 15 is 0 Å². The van der Waals surface area contributed by atoms with Crippen molar-refractivity contribution in [3.63, 3.8) is 0 Å². The molecule has 1 heterocycles. The average Bonchev–Trinajstić information content (AvgIpc) is 2.65.